The summed E-state index contributed by atoms with van der Waals surface area (Å²) in [5.41, 5.74) is 1.89. The van der Waals surface area contributed by atoms with Gasteiger partial charge in [-0.3, -0.25) is 0 Å². The summed E-state index contributed by atoms with van der Waals surface area (Å²) < 4.78 is 5.22. The van der Waals surface area contributed by atoms with Gasteiger partial charge in [-0.05, 0) is 44.1 Å². The molecule has 19 heavy (non-hydrogen) atoms. The molecule has 2 unspecified atom stereocenters. The number of aliphatic hydroxyl groups is 1. The van der Waals surface area contributed by atoms with Gasteiger partial charge in [0.25, 0.3) is 0 Å². The fourth-order valence-electron chi connectivity index (χ4n) is 2.77. The third-order valence-corrected chi connectivity index (χ3v) is 3.91. The number of aliphatic hydroxyl groups excluding tert-OH is 1. The fourth-order valence-corrected chi connectivity index (χ4v) is 2.77. The molecule has 1 aliphatic rings. The van der Waals surface area contributed by atoms with Gasteiger partial charge in [0, 0.05) is 23.8 Å². The molecule has 1 fully saturated rings. The fraction of sp³-hybridized carbons (Fsp3) is 0.600. The first-order valence-electron chi connectivity index (χ1n) is 6.87. The first kappa shape index (κ1) is 14.2. The molecule has 1 aromatic rings. The number of hydrogen-bond acceptors (Lipinski definition) is 4. The van der Waals surface area contributed by atoms with Gasteiger partial charge in [0.15, 0.2) is 0 Å². The van der Waals surface area contributed by atoms with Crippen molar-refractivity contribution >= 4 is 5.69 Å². The molecule has 0 amide bonds. The largest absolute Gasteiger partial charge is 0.496 e. The Morgan fingerprint density at radius 2 is 2.26 bits per heavy atom. The summed E-state index contributed by atoms with van der Waals surface area (Å²) in [7, 11) is 3.80. The zero-order valence-corrected chi connectivity index (χ0v) is 12.0. The highest BCUT2D eigenvalue weighted by Gasteiger charge is 2.23. The average molecular weight is 264 g/mol. The second-order valence-electron chi connectivity index (χ2n) is 5.46. The van der Waals surface area contributed by atoms with Crippen LogP contribution in [0.3, 0.4) is 0 Å². The van der Waals surface area contributed by atoms with Crippen molar-refractivity contribution in [1.82, 2.24) is 4.90 Å². The quantitative estimate of drug-likeness (QED) is 0.872. The number of ether oxygens (including phenoxy) is 1. The minimum atomic E-state index is 0.00164. The maximum Gasteiger partial charge on any atom is 0.124 e. The normalized spacial score (nSPS) is 24.2. The molecule has 0 bridgehead atoms. The van der Waals surface area contributed by atoms with E-state index >= 15 is 0 Å². The summed E-state index contributed by atoms with van der Waals surface area (Å²) in [6, 6.07) is 6.40. The lowest BCUT2D eigenvalue weighted by molar-refractivity contribution is 0.206. The van der Waals surface area contributed by atoms with Gasteiger partial charge in [-0.25, -0.2) is 0 Å². The zero-order valence-electron chi connectivity index (χ0n) is 12.0. The molecule has 0 radical (unpaired) electrons. The zero-order chi connectivity index (χ0) is 13.8. The second-order valence-corrected chi connectivity index (χ2v) is 5.46. The molecule has 2 N–H and O–H groups in total. The molecule has 1 aromatic carbocycles. The van der Waals surface area contributed by atoms with Crippen LogP contribution in [0.2, 0.25) is 0 Å². The Balaban J connectivity index is 2.06. The predicted octanol–water partition coefficient (Wildman–Crippen LogP) is 1.94. The standard InChI is InChI=1S/C15H24N2O2/c1-11-9-17(2)7-6-14(11)16-13-4-5-15(19-3)12(8-13)10-18/h4-5,8,11,14,16,18H,6-7,9-10H2,1-3H3. The van der Waals surface area contributed by atoms with E-state index < -0.39 is 0 Å². The van der Waals surface area contributed by atoms with E-state index in [9.17, 15) is 5.11 Å². The third kappa shape index (κ3) is 3.39. The van der Waals surface area contributed by atoms with Crippen molar-refractivity contribution in [3.63, 3.8) is 0 Å². The van der Waals surface area contributed by atoms with Crippen LogP contribution in [-0.4, -0.2) is 43.3 Å². The van der Waals surface area contributed by atoms with Gasteiger partial charge >= 0.3 is 0 Å². The van der Waals surface area contributed by atoms with E-state index in [-0.39, 0.29) is 6.61 Å². The topological polar surface area (TPSA) is 44.7 Å². The van der Waals surface area contributed by atoms with Gasteiger partial charge in [0.05, 0.1) is 13.7 Å². The van der Waals surface area contributed by atoms with Crippen LogP contribution in [0.5, 0.6) is 5.75 Å². The molecule has 1 saturated heterocycles. The van der Waals surface area contributed by atoms with Crippen molar-refractivity contribution in [3.8, 4) is 5.75 Å². The van der Waals surface area contributed by atoms with E-state index in [4.69, 9.17) is 4.74 Å². The lowest BCUT2D eigenvalue weighted by atomic mass is 9.94. The van der Waals surface area contributed by atoms with Crippen LogP contribution >= 0.6 is 0 Å². The van der Waals surface area contributed by atoms with Crippen molar-refractivity contribution in [2.24, 2.45) is 5.92 Å². The summed E-state index contributed by atoms with van der Waals surface area (Å²) in [4.78, 5) is 2.37. The molecule has 4 nitrogen and oxygen atoms in total. The van der Waals surface area contributed by atoms with Crippen LogP contribution in [-0.2, 0) is 6.61 Å². The van der Waals surface area contributed by atoms with Crippen LogP contribution in [0.15, 0.2) is 18.2 Å². The van der Waals surface area contributed by atoms with Gasteiger partial charge < -0.3 is 20.1 Å². The molecule has 0 aliphatic carbocycles. The molecular weight excluding hydrogens is 240 g/mol. The number of benzene rings is 1. The summed E-state index contributed by atoms with van der Waals surface area (Å²) in [5.74, 6) is 1.36. The maximum atomic E-state index is 9.35. The van der Waals surface area contributed by atoms with Gasteiger partial charge in [0.2, 0.25) is 0 Å². The molecular formula is C15H24N2O2. The molecule has 0 spiro atoms. The second kappa shape index (κ2) is 6.26. The molecule has 1 heterocycles. The van der Waals surface area contributed by atoms with Crippen molar-refractivity contribution < 1.29 is 9.84 Å². The van der Waals surface area contributed by atoms with Crippen molar-refractivity contribution in [3.05, 3.63) is 23.8 Å². The summed E-state index contributed by atoms with van der Waals surface area (Å²) in [6.07, 6.45) is 1.15. The number of rotatable bonds is 4. The molecule has 0 aromatic heterocycles. The summed E-state index contributed by atoms with van der Waals surface area (Å²) >= 11 is 0. The van der Waals surface area contributed by atoms with Gasteiger partial charge in [0.1, 0.15) is 5.75 Å². The smallest absolute Gasteiger partial charge is 0.124 e. The number of nitrogens with zero attached hydrogens (tertiary/aromatic N) is 1. The molecule has 2 rings (SSSR count). The molecule has 0 saturated carbocycles. The van der Waals surface area contributed by atoms with E-state index in [1.165, 1.54) is 0 Å². The molecule has 106 valence electrons. The molecule has 1 aliphatic heterocycles. The molecule has 4 heteroatoms. The number of anilines is 1. The Morgan fingerprint density at radius 3 is 2.89 bits per heavy atom. The predicted molar refractivity (Wildman–Crippen MR) is 77.6 cm³/mol. The van der Waals surface area contributed by atoms with Gasteiger partial charge in [-0.15, -0.1) is 0 Å². The van der Waals surface area contributed by atoms with Crippen LogP contribution in [0.25, 0.3) is 0 Å². The summed E-state index contributed by atoms with van der Waals surface area (Å²) in [6.45, 7) is 4.54. The highest BCUT2D eigenvalue weighted by Crippen LogP contribution is 2.25. The van der Waals surface area contributed by atoms with Crippen molar-refractivity contribution in [2.75, 3.05) is 32.6 Å². The van der Waals surface area contributed by atoms with E-state index in [0.29, 0.717) is 12.0 Å². The van der Waals surface area contributed by atoms with Crippen LogP contribution in [0, 0.1) is 5.92 Å². The van der Waals surface area contributed by atoms with E-state index in [1.807, 2.05) is 18.2 Å². The highest BCUT2D eigenvalue weighted by atomic mass is 16.5. The maximum absolute atomic E-state index is 9.35. The minimum absolute atomic E-state index is 0.00164. The minimum Gasteiger partial charge on any atom is -0.496 e. The van der Waals surface area contributed by atoms with Crippen molar-refractivity contribution in [1.29, 1.82) is 0 Å². The first-order valence-corrected chi connectivity index (χ1v) is 6.87. The van der Waals surface area contributed by atoms with Crippen molar-refractivity contribution in [2.45, 2.75) is 26.0 Å². The Morgan fingerprint density at radius 1 is 1.47 bits per heavy atom. The highest BCUT2D eigenvalue weighted by molar-refractivity contribution is 5.51. The Kier molecular flexibility index (Phi) is 4.66. The van der Waals surface area contributed by atoms with E-state index in [2.05, 4.69) is 24.2 Å². The van der Waals surface area contributed by atoms with Crippen LogP contribution in [0.1, 0.15) is 18.9 Å². The Bertz CT molecular complexity index is 423. The molecule has 2 atom stereocenters. The Labute approximate surface area is 115 Å². The van der Waals surface area contributed by atoms with Gasteiger partial charge in [-0.2, -0.15) is 0 Å². The average Bonchev–Trinajstić information content (AvgIpc) is 2.41. The SMILES string of the molecule is COc1ccc(NC2CCN(C)CC2C)cc1CO. The monoisotopic (exact) mass is 264 g/mol. The summed E-state index contributed by atoms with van der Waals surface area (Å²) in [5, 5.41) is 12.9. The number of piperidine rings is 1. The number of nitrogens with one attached hydrogen (secondary N) is 1. The van der Waals surface area contributed by atoms with Crippen LogP contribution in [0.4, 0.5) is 5.69 Å². The lowest BCUT2D eigenvalue weighted by Gasteiger charge is -2.35. The first-order chi connectivity index (χ1) is 9.13. The lowest BCUT2D eigenvalue weighted by Crippen LogP contribution is -2.43. The number of methoxy groups -OCH3 is 1. The van der Waals surface area contributed by atoms with Crippen LogP contribution < -0.4 is 10.1 Å². The van der Waals surface area contributed by atoms with E-state index in [1.54, 1.807) is 7.11 Å². The van der Waals surface area contributed by atoms with Gasteiger partial charge in [-0.1, -0.05) is 6.92 Å². The Hall–Kier alpha value is -1.26. The number of likely N-dealkylation sites (tertiary alicyclic amines) is 1. The third-order valence-electron chi connectivity index (χ3n) is 3.91. The van der Waals surface area contributed by atoms with E-state index in [0.717, 1.165) is 36.5 Å². The number of hydrogen-bond donors (Lipinski definition) is 2.